The quantitative estimate of drug-likeness (QED) is 0.247. The number of nitrogens with one attached hydrogen (secondary N) is 3. The number of aromatic amines is 1. The van der Waals surface area contributed by atoms with Crippen LogP contribution >= 0.6 is 0 Å². The van der Waals surface area contributed by atoms with Crippen molar-refractivity contribution in [3.63, 3.8) is 0 Å². The third-order valence-corrected chi connectivity index (χ3v) is 5.27. The lowest BCUT2D eigenvalue weighted by Crippen LogP contribution is -2.28. The van der Waals surface area contributed by atoms with Crippen LogP contribution in [-0.4, -0.2) is 16.2 Å². The molecule has 0 bridgehead atoms. The van der Waals surface area contributed by atoms with Crippen LogP contribution in [-0.2, 0) is 25.5 Å². The van der Waals surface area contributed by atoms with Crippen LogP contribution in [0.1, 0.15) is 22.3 Å². The molecule has 0 atom stereocenters. The van der Waals surface area contributed by atoms with E-state index in [4.69, 9.17) is 4.74 Å². The van der Waals surface area contributed by atoms with Gasteiger partial charge in [0, 0.05) is 17.5 Å². The monoisotopic (exact) mass is 526 g/mol. The SMILES string of the molecule is O=C(NCc1ccc(F)cc1)Nc1n[nH]c2ccc(OCc3ccc(C(F)(F)F)cc3C(F)(F)F)cc12. The van der Waals surface area contributed by atoms with Gasteiger partial charge in [0.25, 0.3) is 0 Å². The highest BCUT2D eigenvalue weighted by Gasteiger charge is 2.38. The highest BCUT2D eigenvalue weighted by molar-refractivity contribution is 5.99. The second kappa shape index (κ2) is 9.99. The van der Waals surface area contributed by atoms with Crippen LogP contribution in [0.5, 0.6) is 5.75 Å². The zero-order chi connectivity index (χ0) is 26.8. The summed E-state index contributed by atoms with van der Waals surface area (Å²) in [4.78, 5) is 12.3. The topological polar surface area (TPSA) is 79.0 Å². The van der Waals surface area contributed by atoms with Gasteiger partial charge in [-0.1, -0.05) is 18.2 Å². The average Bonchev–Trinajstić information content (AvgIpc) is 3.23. The fourth-order valence-electron chi connectivity index (χ4n) is 3.42. The summed E-state index contributed by atoms with van der Waals surface area (Å²) in [5, 5.41) is 12.1. The molecule has 0 spiro atoms. The van der Waals surface area contributed by atoms with Crippen LogP contribution in [0, 0.1) is 5.82 Å². The first-order valence-electron chi connectivity index (χ1n) is 10.6. The van der Waals surface area contributed by atoms with E-state index >= 15 is 0 Å². The number of aromatic nitrogens is 2. The van der Waals surface area contributed by atoms with Gasteiger partial charge in [-0.15, -0.1) is 0 Å². The lowest BCUT2D eigenvalue weighted by Gasteiger charge is -2.16. The Labute approximate surface area is 204 Å². The van der Waals surface area contributed by atoms with E-state index in [0.717, 1.165) is 6.07 Å². The Kier molecular flexibility index (Phi) is 6.96. The van der Waals surface area contributed by atoms with Crippen LogP contribution < -0.4 is 15.4 Å². The molecule has 3 N–H and O–H groups in total. The molecule has 0 aliphatic rings. The summed E-state index contributed by atoms with van der Waals surface area (Å²) in [7, 11) is 0. The minimum Gasteiger partial charge on any atom is -0.489 e. The molecule has 1 heterocycles. The van der Waals surface area contributed by atoms with Crippen molar-refractivity contribution in [3.8, 4) is 5.75 Å². The van der Waals surface area contributed by atoms with E-state index in [9.17, 15) is 35.5 Å². The number of carbonyl (C=O) groups excluding carboxylic acids is 1. The van der Waals surface area contributed by atoms with Gasteiger partial charge in [0.05, 0.1) is 16.6 Å². The summed E-state index contributed by atoms with van der Waals surface area (Å²) >= 11 is 0. The van der Waals surface area contributed by atoms with Crippen molar-refractivity contribution >= 4 is 22.8 Å². The largest absolute Gasteiger partial charge is 0.489 e. The normalized spacial score (nSPS) is 12.0. The van der Waals surface area contributed by atoms with Crippen molar-refractivity contribution < 1.29 is 40.3 Å². The highest BCUT2D eigenvalue weighted by Crippen LogP contribution is 2.38. The number of amides is 2. The molecule has 0 saturated heterocycles. The number of alkyl halides is 6. The summed E-state index contributed by atoms with van der Waals surface area (Å²) in [6.45, 7) is -0.547. The Balaban J connectivity index is 1.47. The molecule has 3 aromatic carbocycles. The number of halogens is 7. The molecule has 6 nitrogen and oxygen atoms in total. The number of ether oxygens (including phenoxy) is 1. The van der Waals surface area contributed by atoms with Gasteiger partial charge < -0.3 is 10.1 Å². The fraction of sp³-hybridized carbons (Fsp3) is 0.167. The van der Waals surface area contributed by atoms with Gasteiger partial charge in [0.2, 0.25) is 0 Å². The van der Waals surface area contributed by atoms with Gasteiger partial charge >= 0.3 is 18.4 Å². The lowest BCUT2D eigenvalue weighted by molar-refractivity contribution is -0.143. The van der Waals surface area contributed by atoms with Crippen molar-refractivity contribution in [1.29, 1.82) is 0 Å². The molecular formula is C24H17F7N4O2. The molecule has 0 radical (unpaired) electrons. The lowest BCUT2D eigenvalue weighted by atomic mass is 10.0. The second-order valence-electron chi connectivity index (χ2n) is 7.87. The average molecular weight is 526 g/mol. The number of H-pyrrole nitrogens is 1. The Bertz CT molecular complexity index is 1410. The molecule has 4 aromatic rings. The minimum absolute atomic E-state index is 0.0462. The van der Waals surface area contributed by atoms with Crippen LogP contribution in [0.25, 0.3) is 10.9 Å². The van der Waals surface area contributed by atoms with Crippen LogP contribution in [0.3, 0.4) is 0 Å². The molecule has 1 aromatic heterocycles. The maximum Gasteiger partial charge on any atom is 0.416 e. The maximum absolute atomic E-state index is 13.4. The van der Waals surface area contributed by atoms with Gasteiger partial charge in [-0.2, -0.15) is 31.4 Å². The van der Waals surface area contributed by atoms with Crippen molar-refractivity contribution in [2.24, 2.45) is 0 Å². The third-order valence-electron chi connectivity index (χ3n) is 5.27. The predicted molar refractivity (Wildman–Crippen MR) is 119 cm³/mol. The Morgan fingerprint density at radius 3 is 2.32 bits per heavy atom. The van der Waals surface area contributed by atoms with Gasteiger partial charge in [-0.25, -0.2) is 9.18 Å². The van der Waals surface area contributed by atoms with Crippen molar-refractivity contribution in [3.05, 3.63) is 88.7 Å². The van der Waals surface area contributed by atoms with E-state index in [1.54, 1.807) is 0 Å². The van der Waals surface area contributed by atoms with Crippen LogP contribution in [0.15, 0.2) is 60.7 Å². The molecule has 0 saturated carbocycles. The van der Waals surface area contributed by atoms with Gasteiger partial charge in [-0.05, 0) is 48.0 Å². The van der Waals surface area contributed by atoms with E-state index in [1.807, 2.05) is 0 Å². The number of urea groups is 1. The number of rotatable bonds is 6. The molecule has 0 aliphatic carbocycles. The van der Waals surface area contributed by atoms with Crippen molar-refractivity contribution in [1.82, 2.24) is 15.5 Å². The zero-order valence-corrected chi connectivity index (χ0v) is 18.6. The molecule has 13 heteroatoms. The Hall–Kier alpha value is -4.29. The Morgan fingerprint density at radius 2 is 1.65 bits per heavy atom. The molecule has 2 amide bonds. The molecule has 0 unspecified atom stereocenters. The standard InChI is InChI=1S/C24H17F7N4O2/c25-16-5-1-13(2-6-16)11-32-22(36)33-21-18-10-17(7-8-20(18)34-35-21)37-12-14-3-4-15(23(26,27)28)9-19(14)24(29,30)31/h1-10H,11-12H2,(H3,32,33,34,35,36). The van der Waals surface area contributed by atoms with Gasteiger partial charge in [0.1, 0.15) is 18.2 Å². The number of hydrogen-bond donors (Lipinski definition) is 3. The highest BCUT2D eigenvalue weighted by atomic mass is 19.4. The van der Waals surface area contributed by atoms with E-state index in [1.165, 1.54) is 42.5 Å². The first-order chi connectivity index (χ1) is 17.4. The summed E-state index contributed by atoms with van der Waals surface area (Å²) in [6.07, 6.45) is -9.95. The Morgan fingerprint density at radius 1 is 0.919 bits per heavy atom. The molecule has 37 heavy (non-hydrogen) atoms. The summed E-state index contributed by atoms with van der Waals surface area (Å²) in [5.41, 5.74) is -2.22. The van der Waals surface area contributed by atoms with E-state index < -0.39 is 47.5 Å². The zero-order valence-electron chi connectivity index (χ0n) is 18.6. The molecular weight excluding hydrogens is 509 g/mol. The fourth-order valence-corrected chi connectivity index (χ4v) is 3.42. The maximum atomic E-state index is 13.4. The molecule has 4 rings (SSSR count). The number of hydrogen-bond acceptors (Lipinski definition) is 3. The van der Waals surface area contributed by atoms with E-state index in [-0.39, 0.29) is 24.2 Å². The second-order valence-corrected chi connectivity index (χ2v) is 7.87. The number of fused-ring (bicyclic) bond motifs is 1. The van der Waals surface area contributed by atoms with Crippen LogP contribution in [0.2, 0.25) is 0 Å². The van der Waals surface area contributed by atoms with Gasteiger partial charge in [0.15, 0.2) is 5.82 Å². The summed E-state index contributed by atoms with van der Waals surface area (Å²) in [6, 6.07) is 10.6. The molecule has 0 fully saturated rings. The van der Waals surface area contributed by atoms with Crippen LogP contribution in [0.4, 0.5) is 41.3 Å². The van der Waals surface area contributed by atoms with E-state index in [0.29, 0.717) is 22.5 Å². The third kappa shape index (κ3) is 6.29. The number of carbonyl (C=O) groups is 1. The number of nitrogens with zero attached hydrogens (tertiary/aromatic N) is 1. The molecule has 0 aliphatic heterocycles. The summed E-state index contributed by atoms with van der Waals surface area (Å²) in [5.74, 6) is -0.221. The minimum atomic E-state index is -5.02. The van der Waals surface area contributed by atoms with Crippen molar-refractivity contribution in [2.45, 2.75) is 25.5 Å². The number of anilines is 1. The summed E-state index contributed by atoms with van der Waals surface area (Å²) < 4.78 is 97.2. The van der Waals surface area contributed by atoms with Crippen molar-refractivity contribution in [2.75, 3.05) is 5.32 Å². The number of benzene rings is 3. The first kappa shape index (κ1) is 25.8. The smallest absolute Gasteiger partial charge is 0.416 e. The van der Waals surface area contributed by atoms with E-state index in [2.05, 4.69) is 20.8 Å². The van der Waals surface area contributed by atoms with Gasteiger partial charge in [-0.3, -0.25) is 10.4 Å². The predicted octanol–water partition coefficient (Wildman–Crippen LogP) is 6.64. The first-order valence-corrected chi connectivity index (χ1v) is 10.6. The molecule has 194 valence electrons.